The molecule has 0 unspecified atom stereocenters. The predicted molar refractivity (Wildman–Crippen MR) is 136 cm³/mol. The van der Waals surface area contributed by atoms with E-state index in [4.69, 9.17) is 16.3 Å². The maximum Gasteiger partial charge on any atom is 0.270 e. The lowest BCUT2D eigenvalue weighted by molar-refractivity contribution is 0.405. The Morgan fingerprint density at radius 3 is 2.66 bits per heavy atom. The summed E-state index contributed by atoms with van der Waals surface area (Å²) in [6.45, 7) is 0. The van der Waals surface area contributed by atoms with Gasteiger partial charge in [-0.3, -0.25) is 9.78 Å². The summed E-state index contributed by atoms with van der Waals surface area (Å²) in [4.78, 5) is 20.7. The zero-order valence-electron chi connectivity index (χ0n) is 18.3. The third-order valence-electron chi connectivity index (χ3n) is 4.82. The number of hydrazone groups is 1. The van der Waals surface area contributed by atoms with E-state index in [2.05, 4.69) is 20.5 Å². The normalized spacial score (nSPS) is 10.8. The highest BCUT2D eigenvalue weighted by molar-refractivity contribution is 7.99. The van der Waals surface area contributed by atoms with Gasteiger partial charge in [-0.15, -0.1) is 0 Å². The summed E-state index contributed by atoms with van der Waals surface area (Å²) in [5.41, 5.74) is 3.05. The number of hydrogen-bond acceptors (Lipinski definition) is 8. The van der Waals surface area contributed by atoms with Crippen molar-refractivity contribution in [3.05, 3.63) is 93.2 Å². The highest BCUT2D eigenvalue weighted by Gasteiger charge is 2.14. The number of phenols is 1. The van der Waals surface area contributed by atoms with E-state index in [9.17, 15) is 15.2 Å². The number of benzene rings is 3. The highest BCUT2D eigenvalue weighted by atomic mass is 35.5. The van der Waals surface area contributed by atoms with Crippen molar-refractivity contribution < 1.29 is 9.84 Å². The average Bonchev–Trinajstić information content (AvgIpc) is 2.86. The molecule has 0 aliphatic carbocycles. The minimum Gasteiger partial charge on any atom is -0.507 e. The number of rotatable bonds is 7. The fourth-order valence-electron chi connectivity index (χ4n) is 3.19. The van der Waals surface area contributed by atoms with Gasteiger partial charge in [0, 0.05) is 10.5 Å². The summed E-state index contributed by atoms with van der Waals surface area (Å²) in [5.74, 6) is 0.663. The molecule has 1 heterocycles. The fourth-order valence-corrected chi connectivity index (χ4v) is 4.52. The van der Waals surface area contributed by atoms with Crippen LogP contribution in [-0.4, -0.2) is 28.4 Å². The summed E-state index contributed by atoms with van der Waals surface area (Å²) in [6.07, 6.45) is 1.32. The zero-order valence-corrected chi connectivity index (χ0v) is 19.9. The lowest BCUT2D eigenvalue weighted by Crippen LogP contribution is -2.16. The molecule has 3 N–H and O–H groups in total. The van der Waals surface area contributed by atoms with Gasteiger partial charge in [0.15, 0.2) is 0 Å². The Labute approximate surface area is 209 Å². The maximum absolute atomic E-state index is 12.4. The number of methoxy groups -OCH3 is 1. The van der Waals surface area contributed by atoms with Crippen LogP contribution >= 0.6 is 23.4 Å². The Morgan fingerprint density at radius 2 is 1.94 bits per heavy atom. The summed E-state index contributed by atoms with van der Waals surface area (Å²) in [6, 6.07) is 21.6. The molecule has 0 aliphatic rings. The third kappa shape index (κ3) is 5.46. The molecule has 35 heavy (non-hydrogen) atoms. The lowest BCUT2D eigenvalue weighted by atomic mass is 10.1. The van der Waals surface area contributed by atoms with Gasteiger partial charge < -0.3 is 9.84 Å². The van der Waals surface area contributed by atoms with E-state index in [1.165, 1.54) is 18.0 Å². The predicted octanol–water partition coefficient (Wildman–Crippen LogP) is 5.27. The number of aromatic amines is 1. The molecule has 8 nitrogen and oxygen atoms in total. The molecule has 10 heteroatoms. The topological polar surface area (TPSA) is 123 Å². The van der Waals surface area contributed by atoms with Gasteiger partial charge in [-0.25, -0.2) is 10.4 Å². The molecular weight excluding hydrogens is 486 g/mol. The number of nitriles is 1. The van der Waals surface area contributed by atoms with Gasteiger partial charge in [-0.1, -0.05) is 65.8 Å². The SMILES string of the molecule is COc1ccccc1Sc1cc(O)c(C=NNc2nc(-c3ccccc3)c(C#N)c(=O)[nH]2)c(Cl)c1. The number of aromatic nitrogens is 2. The van der Waals surface area contributed by atoms with Gasteiger partial charge in [0.2, 0.25) is 5.95 Å². The molecule has 0 amide bonds. The first-order valence-corrected chi connectivity index (χ1v) is 11.4. The summed E-state index contributed by atoms with van der Waals surface area (Å²) in [7, 11) is 1.59. The average molecular weight is 504 g/mol. The molecule has 0 radical (unpaired) electrons. The van der Waals surface area contributed by atoms with Gasteiger partial charge in [0.1, 0.15) is 23.1 Å². The third-order valence-corrected chi connectivity index (χ3v) is 6.16. The second-order valence-electron chi connectivity index (χ2n) is 7.08. The van der Waals surface area contributed by atoms with Crippen LogP contribution in [0.3, 0.4) is 0 Å². The van der Waals surface area contributed by atoms with Gasteiger partial charge in [0.25, 0.3) is 5.56 Å². The largest absolute Gasteiger partial charge is 0.507 e. The minimum atomic E-state index is -0.599. The molecule has 174 valence electrons. The number of aromatic hydroxyl groups is 1. The van der Waals surface area contributed by atoms with Crippen molar-refractivity contribution in [1.29, 1.82) is 5.26 Å². The van der Waals surface area contributed by atoms with Crippen molar-refractivity contribution in [2.24, 2.45) is 5.10 Å². The van der Waals surface area contributed by atoms with Crippen LogP contribution in [0, 0.1) is 11.3 Å². The van der Waals surface area contributed by atoms with E-state index in [1.807, 2.05) is 36.4 Å². The van der Waals surface area contributed by atoms with Crippen LogP contribution < -0.4 is 15.7 Å². The van der Waals surface area contributed by atoms with E-state index in [0.29, 0.717) is 16.2 Å². The van der Waals surface area contributed by atoms with Crippen molar-refractivity contribution >= 4 is 35.5 Å². The van der Waals surface area contributed by atoms with Gasteiger partial charge in [-0.2, -0.15) is 10.4 Å². The molecule has 0 atom stereocenters. The second-order valence-corrected chi connectivity index (χ2v) is 8.60. The summed E-state index contributed by atoms with van der Waals surface area (Å²) >= 11 is 7.79. The Balaban J connectivity index is 1.57. The monoisotopic (exact) mass is 503 g/mol. The molecule has 0 saturated carbocycles. The van der Waals surface area contributed by atoms with E-state index >= 15 is 0 Å². The second kappa shape index (κ2) is 10.8. The number of H-pyrrole nitrogens is 1. The Bertz CT molecular complexity index is 1480. The van der Waals surface area contributed by atoms with Gasteiger partial charge >= 0.3 is 0 Å². The van der Waals surface area contributed by atoms with Crippen LogP contribution in [-0.2, 0) is 0 Å². The number of nitrogens with one attached hydrogen (secondary N) is 2. The van der Waals surface area contributed by atoms with Crippen LogP contribution in [0.4, 0.5) is 5.95 Å². The minimum absolute atomic E-state index is 0.0306. The molecule has 0 aliphatic heterocycles. The van der Waals surface area contributed by atoms with Gasteiger partial charge in [0.05, 0.1) is 34.5 Å². The van der Waals surface area contributed by atoms with Crippen LogP contribution in [0.2, 0.25) is 5.02 Å². The first-order chi connectivity index (χ1) is 17.0. The Morgan fingerprint density at radius 1 is 1.20 bits per heavy atom. The van der Waals surface area contributed by atoms with Crippen LogP contribution in [0.5, 0.6) is 11.5 Å². The smallest absolute Gasteiger partial charge is 0.270 e. The number of nitrogens with zero attached hydrogens (tertiary/aromatic N) is 3. The Kier molecular flexibility index (Phi) is 7.35. The number of para-hydroxylation sites is 1. The van der Waals surface area contributed by atoms with E-state index in [0.717, 1.165) is 4.90 Å². The summed E-state index contributed by atoms with van der Waals surface area (Å²) in [5, 5.41) is 24.2. The van der Waals surface area contributed by atoms with Crippen LogP contribution in [0.15, 0.2) is 86.4 Å². The van der Waals surface area contributed by atoms with E-state index < -0.39 is 5.56 Å². The fraction of sp³-hybridized carbons (Fsp3) is 0.0400. The van der Waals surface area contributed by atoms with Crippen molar-refractivity contribution in [3.63, 3.8) is 0 Å². The molecule has 1 aromatic heterocycles. The van der Waals surface area contributed by atoms with Crippen molar-refractivity contribution in [1.82, 2.24) is 9.97 Å². The van der Waals surface area contributed by atoms with Crippen LogP contribution in [0.25, 0.3) is 11.3 Å². The number of hydrogen-bond donors (Lipinski definition) is 3. The molecule has 0 bridgehead atoms. The molecule has 0 saturated heterocycles. The standard InChI is InChI=1S/C25H18ClN5O3S/c1-34-21-9-5-6-10-22(21)35-16-11-19(26)18(20(32)12-16)14-28-31-25-29-23(15-7-3-2-4-8-15)17(13-27)24(33)30-25/h2-12,14,32H,1H3,(H2,29,30,31,33). The molecular formula is C25H18ClN5O3S. The molecule has 0 spiro atoms. The van der Waals surface area contributed by atoms with Crippen LogP contribution in [0.1, 0.15) is 11.1 Å². The number of phenolic OH excluding ortho intramolecular Hbond substituents is 1. The molecule has 0 fully saturated rings. The van der Waals surface area contributed by atoms with E-state index in [1.54, 1.807) is 43.5 Å². The first kappa shape index (κ1) is 23.9. The van der Waals surface area contributed by atoms with Crippen molar-refractivity contribution in [2.75, 3.05) is 12.5 Å². The highest BCUT2D eigenvalue weighted by Crippen LogP contribution is 2.38. The number of ether oxygens (including phenoxy) is 1. The quantitative estimate of drug-likeness (QED) is 0.232. The van der Waals surface area contributed by atoms with Crippen molar-refractivity contribution in [3.8, 4) is 28.8 Å². The molecule has 3 aromatic carbocycles. The summed E-state index contributed by atoms with van der Waals surface area (Å²) < 4.78 is 5.36. The Hall–Kier alpha value is -4.26. The molecule has 4 aromatic rings. The zero-order chi connectivity index (χ0) is 24.8. The number of anilines is 1. The first-order valence-electron chi connectivity index (χ1n) is 10.2. The van der Waals surface area contributed by atoms with Crippen molar-refractivity contribution in [2.45, 2.75) is 9.79 Å². The van der Waals surface area contributed by atoms with E-state index in [-0.39, 0.29) is 33.5 Å². The molecule has 4 rings (SSSR count). The lowest BCUT2D eigenvalue weighted by Gasteiger charge is -2.10. The van der Waals surface area contributed by atoms with Gasteiger partial charge in [-0.05, 0) is 24.3 Å². The number of halogens is 1. The maximum atomic E-state index is 12.4.